The van der Waals surface area contributed by atoms with E-state index in [0.29, 0.717) is 29.5 Å². The van der Waals surface area contributed by atoms with Gasteiger partial charge in [-0.2, -0.15) is 0 Å². The van der Waals surface area contributed by atoms with E-state index in [-0.39, 0.29) is 6.61 Å². The topological polar surface area (TPSA) is 38.7 Å². The predicted octanol–water partition coefficient (Wildman–Crippen LogP) is 2.64. The number of benzene rings is 1. The minimum Gasteiger partial charge on any atom is -0.493 e. The first kappa shape index (κ1) is 13.3. The number of halogens is 1. The third-order valence-electron chi connectivity index (χ3n) is 2.09. The molecule has 90 valence electrons. The molecule has 1 rings (SSSR count). The lowest BCUT2D eigenvalue weighted by molar-refractivity contribution is 0.130. The second-order valence-electron chi connectivity index (χ2n) is 3.31. The zero-order valence-electron chi connectivity index (χ0n) is 9.41. The molecule has 0 amide bonds. The van der Waals surface area contributed by atoms with Crippen molar-refractivity contribution in [3.05, 3.63) is 28.8 Å². The highest BCUT2D eigenvalue weighted by Gasteiger charge is 2.03. The van der Waals surface area contributed by atoms with Crippen LogP contribution in [0.1, 0.15) is 18.9 Å². The van der Waals surface area contributed by atoms with Crippen molar-refractivity contribution >= 4 is 11.6 Å². The van der Waals surface area contributed by atoms with Crippen LogP contribution in [0.4, 0.5) is 0 Å². The molecule has 0 saturated heterocycles. The summed E-state index contributed by atoms with van der Waals surface area (Å²) in [5.41, 5.74) is 0.712. The average Bonchev–Trinajstić information content (AvgIpc) is 2.30. The summed E-state index contributed by atoms with van der Waals surface area (Å²) in [6, 6.07) is 5.23. The quantitative estimate of drug-likeness (QED) is 0.750. The van der Waals surface area contributed by atoms with Crippen LogP contribution in [-0.2, 0) is 11.3 Å². The van der Waals surface area contributed by atoms with Gasteiger partial charge in [0.2, 0.25) is 0 Å². The zero-order chi connectivity index (χ0) is 11.8. The highest BCUT2D eigenvalue weighted by Crippen LogP contribution is 2.22. The Labute approximate surface area is 101 Å². The fourth-order valence-corrected chi connectivity index (χ4v) is 1.49. The smallest absolute Gasteiger partial charge is 0.124 e. The summed E-state index contributed by atoms with van der Waals surface area (Å²) in [6.45, 7) is 3.89. The van der Waals surface area contributed by atoms with E-state index >= 15 is 0 Å². The van der Waals surface area contributed by atoms with Crippen molar-refractivity contribution < 1.29 is 14.6 Å². The average molecular weight is 245 g/mol. The van der Waals surface area contributed by atoms with Gasteiger partial charge in [0.25, 0.3) is 0 Å². The summed E-state index contributed by atoms with van der Waals surface area (Å²) >= 11 is 5.81. The lowest BCUT2D eigenvalue weighted by atomic mass is 10.2. The number of aliphatic hydroxyl groups excluding tert-OH is 1. The van der Waals surface area contributed by atoms with Crippen molar-refractivity contribution in [3.63, 3.8) is 0 Å². The first-order chi connectivity index (χ1) is 7.77. The second kappa shape index (κ2) is 7.49. The molecular formula is C12H17ClO3. The Morgan fingerprint density at radius 1 is 1.31 bits per heavy atom. The fraction of sp³-hybridized carbons (Fsp3) is 0.500. The molecule has 0 radical (unpaired) electrons. The van der Waals surface area contributed by atoms with Gasteiger partial charge in [-0.1, -0.05) is 11.6 Å². The molecule has 16 heavy (non-hydrogen) atoms. The Bertz CT molecular complexity index is 315. The van der Waals surface area contributed by atoms with Crippen LogP contribution in [0.2, 0.25) is 5.02 Å². The van der Waals surface area contributed by atoms with E-state index in [9.17, 15) is 0 Å². The third-order valence-corrected chi connectivity index (χ3v) is 2.32. The van der Waals surface area contributed by atoms with Crippen LogP contribution in [-0.4, -0.2) is 24.9 Å². The van der Waals surface area contributed by atoms with Gasteiger partial charge >= 0.3 is 0 Å². The molecule has 0 bridgehead atoms. The third kappa shape index (κ3) is 4.39. The lowest BCUT2D eigenvalue weighted by Crippen LogP contribution is -2.04. The Morgan fingerprint density at radius 3 is 2.81 bits per heavy atom. The summed E-state index contributed by atoms with van der Waals surface area (Å²) in [6.07, 6.45) is 0.835. The number of aliphatic hydroxyl groups is 1. The SMILES string of the molecule is CCOCCCOc1ccc(Cl)cc1CO. The van der Waals surface area contributed by atoms with E-state index in [1.165, 1.54) is 0 Å². The predicted molar refractivity (Wildman–Crippen MR) is 64.0 cm³/mol. The minimum absolute atomic E-state index is 0.0681. The molecule has 1 N–H and O–H groups in total. The number of rotatable bonds is 7. The molecule has 0 aromatic heterocycles. The van der Waals surface area contributed by atoms with Crippen molar-refractivity contribution in [3.8, 4) is 5.75 Å². The normalized spacial score (nSPS) is 10.4. The molecule has 0 spiro atoms. The van der Waals surface area contributed by atoms with E-state index in [4.69, 9.17) is 26.2 Å². The molecule has 0 aliphatic carbocycles. The van der Waals surface area contributed by atoms with Gasteiger partial charge in [-0.05, 0) is 25.1 Å². The van der Waals surface area contributed by atoms with Crippen molar-refractivity contribution in [2.45, 2.75) is 20.0 Å². The van der Waals surface area contributed by atoms with Gasteiger partial charge in [0, 0.05) is 30.2 Å². The first-order valence-electron chi connectivity index (χ1n) is 5.37. The van der Waals surface area contributed by atoms with E-state index in [1.54, 1.807) is 18.2 Å². The highest BCUT2D eigenvalue weighted by atomic mass is 35.5. The van der Waals surface area contributed by atoms with E-state index in [0.717, 1.165) is 13.0 Å². The maximum absolute atomic E-state index is 9.12. The molecule has 0 fully saturated rings. The Kier molecular flexibility index (Phi) is 6.23. The van der Waals surface area contributed by atoms with E-state index in [2.05, 4.69) is 0 Å². The molecule has 0 saturated carbocycles. The molecule has 0 heterocycles. The second-order valence-corrected chi connectivity index (χ2v) is 3.75. The van der Waals surface area contributed by atoms with Crippen LogP contribution in [0.25, 0.3) is 0 Å². The van der Waals surface area contributed by atoms with Crippen molar-refractivity contribution in [1.82, 2.24) is 0 Å². The summed E-state index contributed by atoms with van der Waals surface area (Å²) in [4.78, 5) is 0. The number of hydrogen-bond donors (Lipinski definition) is 1. The standard InChI is InChI=1S/C12H17ClO3/c1-2-15-6-3-7-16-12-5-4-11(13)8-10(12)9-14/h4-5,8,14H,2-3,6-7,9H2,1H3. The van der Waals surface area contributed by atoms with Gasteiger partial charge < -0.3 is 14.6 Å². The lowest BCUT2D eigenvalue weighted by Gasteiger charge is -2.10. The van der Waals surface area contributed by atoms with Gasteiger partial charge in [-0.25, -0.2) is 0 Å². The summed E-state index contributed by atoms with van der Waals surface area (Å²) in [5.74, 6) is 0.684. The molecule has 0 aliphatic rings. The van der Waals surface area contributed by atoms with Gasteiger partial charge in [-0.3, -0.25) is 0 Å². The highest BCUT2D eigenvalue weighted by molar-refractivity contribution is 6.30. The van der Waals surface area contributed by atoms with Crippen LogP contribution < -0.4 is 4.74 Å². The van der Waals surface area contributed by atoms with E-state index < -0.39 is 0 Å². The van der Waals surface area contributed by atoms with Crippen LogP contribution in [0, 0.1) is 0 Å². The Morgan fingerprint density at radius 2 is 2.12 bits per heavy atom. The van der Waals surface area contributed by atoms with Gasteiger partial charge in [0.05, 0.1) is 13.2 Å². The maximum Gasteiger partial charge on any atom is 0.124 e. The van der Waals surface area contributed by atoms with Gasteiger partial charge in [-0.15, -0.1) is 0 Å². The molecule has 0 aliphatic heterocycles. The summed E-state index contributed by atoms with van der Waals surface area (Å²) < 4.78 is 10.7. The molecule has 0 atom stereocenters. The van der Waals surface area contributed by atoms with Crippen LogP contribution in [0.15, 0.2) is 18.2 Å². The summed E-state index contributed by atoms with van der Waals surface area (Å²) in [5, 5.41) is 9.72. The van der Waals surface area contributed by atoms with Gasteiger partial charge in [0.1, 0.15) is 5.75 Å². The summed E-state index contributed by atoms with van der Waals surface area (Å²) in [7, 11) is 0. The fourth-order valence-electron chi connectivity index (χ4n) is 1.30. The maximum atomic E-state index is 9.12. The van der Waals surface area contributed by atoms with Crippen LogP contribution >= 0.6 is 11.6 Å². The molecule has 0 unspecified atom stereocenters. The Hall–Kier alpha value is -0.770. The monoisotopic (exact) mass is 244 g/mol. The molecule has 4 heteroatoms. The van der Waals surface area contributed by atoms with Gasteiger partial charge in [0.15, 0.2) is 0 Å². The molecular weight excluding hydrogens is 228 g/mol. The largest absolute Gasteiger partial charge is 0.493 e. The van der Waals surface area contributed by atoms with Crippen LogP contribution in [0.5, 0.6) is 5.75 Å². The molecule has 3 nitrogen and oxygen atoms in total. The van der Waals surface area contributed by atoms with Crippen molar-refractivity contribution in [2.24, 2.45) is 0 Å². The van der Waals surface area contributed by atoms with Crippen LogP contribution in [0.3, 0.4) is 0 Å². The zero-order valence-corrected chi connectivity index (χ0v) is 10.2. The first-order valence-corrected chi connectivity index (χ1v) is 5.75. The van der Waals surface area contributed by atoms with Crippen molar-refractivity contribution in [2.75, 3.05) is 19.8 Å². The number of hydrogen-bond acceptors (Lipinski definition) is 3. The van der Waals surface area contributed by atoms with E-state index in [1.807, 2.05) is 6.92 Å². The number of ether oxygens (including phenoxy) is 2. The molecule has 1 aromatic carbocycles. The Balaban J connectivity index is 2.41. The minimum atomic E-state index is -0.0681. The van der Waals surface area contributed by atoms with Crippen molar-refractivity contribution in [1.29, 1.82) is 0 Å². The molecule has 1 aromatic rings.